The van der Waals surface area contributed by atoms with Crippen LogP contribution < -0.4 is 5.73 Å². The van der Waals surface area contributed by atoms with Crippen molar-refractivity contribution < 1.29 is 0 Å². The van der Waals surface area contributed by atoms with Crippen molar-refractivity contribution in [2.24, 2.45) is 5.73 Å². The van der Waals surface area contributed by atoms with E-state index >= 15 is 0 Å². The molecule has 1 aromatic heterocycles. The fourth-order valence-corrected chi connectivity index (χ4v) is 2.02. The van der Waals surface area contributed by atoms with Gasteiger partial charge in [-0.25, -0.2) is 0 Å². The molecule has 0 radical (unpaired) electrons. The highest BCUT2D eigenvalue weighted by atomic mass is 15.3. The Labute approximate surface area is 101 Å². The molecule has 0 aliphatic carbocycles. The van der Waals surface area contributed by atoms with Crippen molar-refractivity contribution in [2.45, 2.75) is 33.4 Å². The maximum absolute atomic E-state index is 5.63. The molecule has 1 heterocycles. The van der Waals surface area contributed by atoms with Gasteiger partial charge in [-0.05, 0) is 19.4 Å². The molecule has 0 aliphatic heterocycles. The third-order valence-corrected chi connectivity index (χ3v) is 2.85. The van der Waals surface area contributed by atoms with Crippen molar-refractivity contribution in [3.05, 3.63) is 47.0 Å². The summed E-state index contributed by atoms with van der Waals surface area (Å²) in [5.41, 5.74) is 8.16. The SMILES string of the molecule is CCn1c(CN)nnc1Cc1cccc(C)c1. The van der Waals surface area contributed by atoms with Crippen molar-refractivity contribution in [1.82, 2.24) is 14.8 Å². The predicted octanol–water partition coefficient (Wildman–Crippen LogP) is 1.66. The first-order valence-electron chi connectivity index (χ1n) is 5.91. The summed E-state index contributed by atoms with van der Waals surface area (Å²) >= 11 is 0. The van der Waals surface area contributed by atoms with Gasteiger partial charge in [-0.3, -0.25) is 0 Å². The molecule has 0 amide bonds. The Balaban J connectivity index is 2.27. The number of rotatable bonds is 4. The van der Waals surface area contributed by atoms with E-state index in [0.717, 1.165) is 24.6 Å². The molecule has 2 N–H and O–H groups in total. The summed E-state index contributed by atoms with van der Waals surface area (Å²) < 4.78 is 2.09. The zero-order chi connectivity index (χ0) is 12.3. The lowest BCUT2D eigenvalue weighted by Gasteiger charge is -2.06. The average molecular weight is 230 g/mol. The molecule has 0 unspecified atom stereocenters. The van der Waals surface area contributed by atoms with Gasteiger partial charge in [0.1, 0.15) is 11.6 Å². The zero-order valence-electron chi connectivity index (χ0n) is 10.3. The molecule has 1 aromatic carbocycles. The van der Waals surface area contributed by atoms with Crippen LogP contribution >= 0.6 is 0 Å². The monoisotopic (exact) mass is 230 g/mol. The smallest absolute Gasteiger partial charge is 0.146 e. The van der Waals surface area contributed by atoms with Crippen LogP contribution in [0.4, 0.5) is 0 Å². The van der Waals surface area contributed by atoms with Gasteiger partial charge < -0.3 is 10.3 Å². The van der Waals surface area contributed by atoms with Crippen molar-refractivity contribution in [2.75, 3.05) is 0 Å². The quantitative estimate of drug-likeness (QED) is 0.869. The van der Waals surface area contributed by atoms with Crippen LogP contribution in [0.5, 0.6) is 0 Å². The summed E-state index contributed by atoms with van der Waals surface area (Å²) in [4.78, 5) is 0. The number of nitrogens with zero attached hydrogens (tertiary/aromatic N) is 3. The van der Waals surface area contributed by atoms with Crippen LogP contribution in [0.15, 0.2) is 24.3 Å². The molecule has 2 aromatic rings. The van der Waals surface area contributed by atoms with Crippen LogP contribution in [0.2, 0.25) is 0 Å². The molecule has 0 fully saturated rings. The van der Waals surface area contributed by atoms with Crippen LogP contribution in [0.25, 0.3) is 0 Å². The van der Waals surface area contributed by atoms with Crippen molar-refractivity contribution >= 4 is 0 Å². The lowest BCUT2D eigenvalue weighted by Crippen LogP contribution is -2.10. The molecule has 2 rings (SSSR count). The van der Waals surface area contributed by atoms with Crippen LogP contribution in [-0.4, -0.2) is 14.8 Å². The lowest BCUT2D eigenvalue weighted by atomic mass is 10.1. The second kappa shape index (κ2) is 5.10. The first-order chi connectivity index (χ1) is 8.24. The van der Waals surface area contributed by atoms with E-state index in [2.05, 4.69) is 52.9 Å². The Hall–Kier alpha value is -1.68. The molecule has 0 bridgehead atoms. The highest BCUT2D eigenvalue weighted by molar-refractivity contribution is 5.25. The van der Waals surface area contributed by atoms with Gasteiger partial charge >= 0.3 is 0 Å². The van der Waals surface area contributed by atoms with E-state index in [1.807, 2.05) is 0 Å². The molecule has 0 saturated heterocycles. The Morgan fingerprint density at radius 2 is 2.00 bits per heavy atom. The molecule has 0 aliphatic rings. The highest BCUT2D eigenvalue weighted by Gasteiger charge is 2.09. The Morgan fingerprint density at radius 3 is 2.65 bits per heavy atom. The van der Waals surface area contributed by atoms with Crippen molar-refractivity contribution in [3.63, 3.8) is 0 Å². The second-order valence-corrected chi connectivity index (χ2v) is 4.15. The Kier molecular flexibility index (Phi) is 3.54. The van der Waals surface area contributed by atoms with Gasteiger partial charge in [0.05, 0.1) is 6.54 Å². The molecule has 4 heteroatoms. The molecule has 90 valence electrons. The molecule has 0 atom stereocenters. The number of hydrogen-bond acceptors (Lipinski definition) is 3. The zero-order valence-corrected chi connectivity index (χ0v) is 10.3. The molecular formula is C13H18N4. The number of aromatic nitrogens is 3. The van der Waals surface area contributed by atoms with Crippen LogP contribution in [0.3, 0.4) is 0 Å². The average Bonchev–Trinajstić information content (AvgIpc) is 2.71. The van der Waals surface area contributed by atoms with Gasteiger partial charge in [0.25, 0.3) is 0 Å². The van der Waals surface area contributed by atoms with E-state index in [1.165, 1.54) is 11.1 Å². The van der Waals surface area contributed by atoms with E-state index in [-0.39, 0.29) is 0 Å². The number of hydrogen-bond donors (Lipinski definition) is 1. The van der Waals surface area contributed by atoms with Gasteiger partial charge in [0, 0.05) is 13.0 Å². The summed E-state index contributed by atoms with van der Waals surface area (Å²) in [7, 11) is 0. The van der Waals surface area contributed by atoms with Crippen LogP contribution in [-0.2, 0) is 19.5 Å². The van der Waals surface area contributed by atoms with Gasteiger partial charge in [-0.15, -0.1) is 10.2 Å². The topological polar surface area (TPSA) is 56.7 Å². The maximum Gasteiger partial charge on any atom is 0.146 e. The van der Waals surface area contributed by atoms with Crippen LogP contribution in [0, 0.1) is 6.92 Å². The predicted molar refractivity (Wildman–Crippen MR) is 67.6 cm³/mol. The van der Waals surface area contributed by atoms with E-state index in [1.54, 1.807) is 0 Å². The minimum absolute atomic E-state index is 0.439. The molecule has 17 heavy (non-hydrogen) atoms. The van der Waals surface area contributed by atoms with E-state index in [9.17, 15) is 0 Å². The molecule has 0 spiro atoms. The number of benzene rings is 1. The summed E-state index contributed by atoms with van der Waals surface area (Å²) in [5.74, 6) is 1.84. The van der Waals surface area contributed by atoms with E-state index in [4.69, 9.17) is 5.73 Å². The third kappa shape index (κ3) is 2.53. The number of aryl methyl sites for hydroxylation is 1. The van der Waals surface area contributed by atoms with Gasteiger partial charge in [-0.1, -0.05) is 29.8 Å². The molecule has 0 saturated carbocycles. The Bertz CT molecular complexity index is 502. The first-order valence-corrected chi connectivity index (χ1v) is 5.91. The maximum atomic E-state index is 5.63. The van der Waals surface area contributed by atoms with E-state index in [0.29, 0.717) is 6.54 Å². The minimum atomic E-state index is 0.439. The van der Waals surface area contributed by atoms with Gasteiger partial charge in [-0.2, -0.15) is 0 Å². The largest absolute Gasteiger partial charge is 0.324 e. The van der Waals surface area contributed by atoms with E-state index < -0.39 is 0 Å². The second-order valence-electron chi connectivity index (χ2n) is 4.15. The van der Waals surface area contributed by atoms with Crippen LogP contribution in [0.1, 0.15) is 29.7 Å². The minimum Gasteiger partial charge on any atom is -0.324 e. The summed E-state index contributed by atoms with van der Waals surface area (Å²) in [6, 6.07) is 8.46. The summed E-state index contributed by atoms with van der Waals surface area (Å²) in [6.45, 7) is 5.48. The third-order valence-electron chi connectivity index (χ3n) is 2.85. The highest BCUT2D eigenvalue weighted by Crippen LogP contribution is 2.11. The first kappa shape index (κ1) is 11.8. The fraction of sp³-hybridized carbons (Fsp3) is 0.385. The summed E-state index contributed by atoms with van der Waals surface area (Å²) in [6.07, 6.45) is 0.808. The standard InChI is InChI=1S/C13H18N4/c1-3-17-12(15-16-13(17)9-14)8-11-6-4-5-10(2)7-11/h4-7H,3,8-9,14H2,1-2H3. The molecule has 4 nitrogen and oxygen atoms in total. The number of nitrogens with two attached hydrogens (primary N) is 1. The fourth-order valence-electron chi connectivity index (χ4n) is 2.02. The van der Waals surface area contributed by atoms with Gasteiger partial charge in [0.15, 0.2) is 0 Å². The van der Waals surface area contributed by atoms with Crippen molar-refractivity contribution in [1.29, 1.82) is 0 Å². The Morgan fingerprint density at radius 1 is 1.24 bits per heavy atom. The lowest BCUT2D eigenvalue weighted by molar-refractivity contribution is 0.668. The van der Waals surface area contributed by atoms with Crippen molar-refractivity contribution in [3.8, 4) is 0 Å². The van der Waals surface area contributed by atoms with Gasteiger partial charge in [0.2, 0.25) is 0 Å². The molecular weight excluding hydrogens is 212 g/mol. The normalized spacial score (nSPS) is 10.8. The summed E-state index contributed by atoms with van der Waals surface area (Å²) in [5, 5.41) is 8.33.